The van der Waals surface area contributed by atoms with Crippen LogP contribution in [0.4, 0.5) is 10.1 Å². The number of carbonyl (C=O) groups excluding carboxylic acids is 1. The first-order valence-corrected chi connectivity index (χ1v) is 8.08. The molecule has 0 atom stereocenters. The van der Waals surface area contributed by atoms with Gasteiger partial charge in [-0.15, -0.1) is 0 Å². The van der Waals surface area contributed by atoms with E-state index in [1.807, 2.05) is 6.92 Å². The van der Waals surface area contributed by atoms with E-state index < -0.39 is 11.7 Å². The van der Waals surface area contributed by atoms with E-state index in [-0.39, 0.29) is 5.69 Å². The van der Waals surface area contributed by atoms with Gasteiger partial charge in [0.15, 0.2) is 11.5 Å². The van der Waals surface area contributed by atoms with Crippen LogP contribution in [0.25, 0.3) is 6.08 Å². The first kappa shape index (κ1) is 18.8. The summed E-state index contributed by atoms with van der Waals surface area (Å²) in [6.07, 6.45) is 2.86. The topological polar surface area (TPSA) is 47.6 Å². The van der Waals surface area contributed by atoms with Crippen molar-refractivity contribution >= 4 is 29.3 Å². The molecule has 4 nitrogen and oxygen atoms in total. The molecule has 25 heavy (non-hydrogen) atoms. The van der Waals surface area contributed by atoms with Crippen molar-refractivity contribution < 1.29 is 18.7 Å². The highest BCUT2D eigenvalue weighted by Crippen LogP contribution is 2.36. The molecule has 0 bridgehead atoms. The molecule has 0 fully saturated rings. The van der Waals surface area contributed by atoms with Gasteiger partial charge >= 0.3 is 0 Å². The van der Waals surface area contributed by atoms with Crippen molar-refractivity contribution in [3.8, 4) is 11.5 Å². The van der Waals surface area contributed by atoms with Crippen LogP contribution in [0.3, 0.4) is 0 Å². The molecular formula is C19H19ClFNO3. The van der Waals surface area contributed by atoms with Gasteiger partial charge in [-0.2, -0.15) is 0 Å². The molecule has 1 amide bonds. The largest absolute Gasteiger partial charge is 0.493 e. The Bertz CT molecular complexity index is 805. The highest BCUT2D eigenvalue weighted by Gasteiger charge is 2.11. The van der Waals surface area contributed by atoms with Gasteiger partial charge < -0.3 is 14.8 Å². The first-order valence-electron chi connectivity index (χ1n) is 7.70. The Morgan fingerprint density at radius 3 is 2.72 bits per heavy atom. The summed E-state index contributed by atoms with van der Waals surface area (Å²) < 4.78 is 24.5. The number of aryl methyl sites for hydroxylation is 1. The molecule has 2 aromatic rings. The van der Waals surface area contributed by atoms with Gasteiger partial charge in [0.25, 0.3) is 0 Å². The number of anilines is 1. The van der Waals surface area contributed by atoms with Crippen molar-refractivity contribution in [1.29, 1.82) is 0 Å². The van der Waals surface area contributed by atoms with E-state index in [0.717, 1.165) is 5.56 Å². The Morgan fingerprint density at radius 1 is 1.32 bits per heavy atom. The van der Waals surface area contributed by atoms with Crippen molar-refractivity contribution in [2.45, 2.75) is 13.8 Å². The average molecular weight is 364 g/mol. The molecule has 0 aliphatic carbocycles. The Morgan fingerprint density at radius 2 is 2.08 bits per heavy atom. The molecule has 0 heterocycles. The third-order valence-corrected chi connectivity index (χ3v) is 3.63. The summed E-state index contributed by atoms with van der Waals surface area (Å²) in [4.78, 5) is 12.0. The number of carbonyl (C=O) groups is 1. The lowest BCUT2D eigenvalue weighted by Crippen LogP contribution is -2.09. The van der Waals surface area contributed by atoms with E-state index in [2.05, 4.69) is 5.32 Å². The molecule has 2 aromatic carbocycles. The van der Waals surface area contributed by atoms with E-state index in [9.17, 15) is 9.18 Å². The molecule has 0 saturated heterocycles. The molecular weight excluding hydrogens is 345 g/mol. The predicted molar refractivity (Wildman–Crippen MR) is 98.0 cm³/mol. The molecule has 0 unspecified atom stereocenters. The predicted octanol–water partition coefficient (Wildman–Crippen LogP) is 4.85. The summed E-state index contributed by atoms with van der Waals surface area (Å²) in [7, 11) is 1.51. The SMILES string of the molecule is CCOc1c(Cl)cc(/C=C/C(=O)Nc2ccc(C)cc2F)cc1OC. The second-order valence-corrected chi connectivity index (χ2v) is 5.68. The van der Waals surface area contributed by atoms with E-state index >= 15 is 0 Å². The third-order valence-electron chi connectivity index (χ3n) is 3.35. The fourth-order valence-corrected chi connectivity index (χ4v) is 2.46. The minimum absolute atomic E-state index is 0.127. The maximum Gasteiger partial charge on any atom is 0.248 e. The van der Waals surface area contributed by atoms with Gasteiger partial charge in [0.1, 0.15) is 5.82 Å². The van der Waals surface area contributed by atoms with Crippen LogP contribution in [0.1, 0.15) is 18.1 Å². The van der Waals surface area contributed by atoms with Crippen molar-refractivity contribution in [1.82, 2.24) is 0 Å². The van der Waals surface area contributed by atoms with Gasteiger partial charge in [-0.3, -0.25) is 4.79 Å². The number of methoxy groups -OCH3 is 1. The molecule has 0 radical (unpaired) electrons. The lowest BCUT2D eigenvalue weighted by atomic mass is 10.1. The van der Waals surface area contributed by atoms with Gasteiger partial charge in [-0.1, -0.05) is 17.7 Å². The minimum Gasteiger partial charge on any atom is -0.493 e. The van der Waals surface area contributed by atoms with E-state index in [1.165, 1.54) is 25.3 Å². The number of hydrogen-bond donors (Lipinski definition) is 1. The maximum absolute atomic E-state index is 13.8. The summed E-state index contributed by atoms with van der Waals surface area (Å²) in [5.41, 5.74) is 1.56. The molecule has 132 valence electrons. The summed E-state index contributed by atoms with van der Waals surface area (Å²) in [6, 6.07) is 7.96. The first-order chi connectivity index (χ1) is 11.9. The normalized spacial score (nSPS) is 10.8. The van der Waals surface area contributed by atoms with Crippen LogP contribution in [-0.2, 0) is 4.79 Å². The average Bonchev–Trinajstić information content (AvgIpc) is 2.57. The van der Waals surface area contributed by atoms with Crippen LogP contribution < -0.4 is 14.8 Å². The standard InChI is InChI=1S/C19H19ClFNO3/c1-4-25-19-14(20)10-13(11-17(19)24-3)6-8-18(23)22-16-7-5-12(2)9-15(16)21/h5-11H,4H2,1-3H3,(H,22,23)/b8-6+. The van der Waals surface area contributed by atoms with E-state index in [1.54, 1.807) is 31.2 Å². The number of halogens is 2. The van der Waals surface area contributed by atoms with Crippen LogP contribution >= 0.6 is 11.6 Å². The molecule has 1 N–H and O–H groups in total. The van der Waals surface area contributed by atoms with Crippen LogP contribution in [0, 0.1) is 12.7 Å². The minimum atomic E-state index is -0.479. The van der Waals surface area contributed by atoms with Crippen LogP contribution in [0.15, 0.2) is 36.4 Å². The second kappa shape index (κ2) is 8.53. The smallest absolute Gasteiger partial charge is 0.248 e. The third kappa shape index (κ3) is 4.97. The highest BCUT2D eigenvalue weighted by atomic mass is 35.5. The van der Waals surface area contributed by atoms with Crippen LogP contribution in [0.5, 0.6) is 11.5 Å². The van der Waals surface area contributed by atoms with Crippen molar-refractivity contribution in [2.75, 3.05) is 19.0 Å². The van der Waals surface area contributed by atoms with Gasteiger partial charge in [-0.25, -0.2) is 4.39 Å². The zero-order valence-electron chi connectivity index (χ0n) is 14.2. The molecule has 2 rings (SSSR count). The van der Waals surface area contributed by atoms with Crippen molar-refractivity contribution in [3.05, 3.63) is 58.4 Å². The number of benzene rings is 2. The number of ether oxygens (including phenoxy) is 2. The fraction of sp³-hybridized carbons (Fsp3) is 0.211. The zero-order chi connectivity index (χ0) is 18.4. The lowest BCUT2D eigenvalue weighted by Gasteiger charge is -2.11. The molecule has 0 spiro atoms. The monoisotopic (exact) mass is 363 g/mol. The molecule has 0 aliphatic heterocycles. The van der Waals surface area contributed by atoms with Crippen molar-refractivity contribution in [2.24, 2.45) is 0 Å². The fourth-order valence-electron chi connectivity index (χ4n) is 2.19. The second-order valence-electron chi connectivity index (χ2n) is 5.27. The van der Waals surface area contributed by atoms with E-state index in [0.29, 0.717) is 28.7 Å². The van der Waals surface area contributed by atoms with Gasteiger partial charge in [-0.05, 0) is 55.3 Å². The number of nitrogens with one attached hydrogen (secondary N) is 1. The van der Waals surface area contributed by atoms with Crippen molar-refractivity contribution in [3.63, 3.8) is 0 Å². The summed E-state index contributed by atoms with van der Waals surface area (Å²) >= 11 is 6.18. The summed E-state index contributed by atoms with van der Waals surface area (Å²) in [5, 5.41) is 2.87. The molecule has 0 saturated carbocycles. The van der Waals surface area contributed by atoms with Gasteiger partial charge in [0.05, 0.1) is 24.4 Å². The molecule has 6 heteroatoms. The highest BCUT2D eigenvalue weighted by molar-refractivity contribution is 6.32. The quantitative estimate of drug-likeness (QED) is 0.746. The summed E-state index contributed by atoms with van der Waals surface area (Å²) in [5.74, 6) is -0.00626. The number of rotatable bonds is 6. The maximum atomic E-state index is 13.8. The lowest BCUT2D eigenvalue weighted by molar-refractivity contribution is -0.111. The number of hydrogen-bond acceptors (Lipinski definition) is 3. The molecule has 0 aromatic heterocycles. The van der Waals surface area contributed by atoms with Gasteiger partial charge in [0, 0.05) is 6.08 Å². The Labute approximate surface area is 151 Å². The van der Waals surface area contributed by atoms with Crippen LogP contribution in [0.2, 0.25) is 5.02 Å². The molecule has 0 aliphatic rings. The van der Waals surface area contributed by atoms with Crippen LogP contribution in [-0.4, -0.2) is 19.6 Å². The summed E-state index contributed by atoms with van der Waals surface area (Å²) in [6.45, 7) is 4.07. The Kier molecular flexibility index (Phi) is 6.42. The zero-order valence-corrected chi connectivity index (χ0v) is 15.0. The van der Waals surface area contributed by atoms with Gasteiger partial charge in [0.2, 0.25) is 5.91 Å². The van der Waals surface area contributed by atoms with E-state index in [4.69, 9.17) is 21.1 Å². The Balaban J connectivity index is 2.15. The number of amides is 1. The Hall–Kier alpha value is -2.53.